The summed E-state index contributed by atoms with van der Waals surface area (Å²) in [7, 11) is -4.69. The van der Waals surface area contributed by atoms with E-state index in [-0.39, 0.29) is 58.0 Å². The van der Waals surface area contributed by atoms with Gasteiger partial charge in [0.25, 0.3) is 0 Å². The fourth-order valence-electron chi connectivity index (χ4n) is 0.410. The zero-order valence-corrected chi connectivity index (χ0v) is 12.4. The molecule has 0 aromatic carbocycles. The largest absolute Gasteiger partial charge is 1.00 e. The van der Waals surface area contributed by atoms with Gasteiger partial charge in [0, 0.05) is 0 Å². The first-order valence-electron chi connectivity index (χ1n) is 3.47. The quantitative estimate of drug-likeness (QED) is 0.229. The van der Waals surface area contributed by atoms with Gasteiger partial charge in [0.15, 0.2) is 4.75 Å². The molecule has 0 amide bonds. The molecule has 0 aliphatic rings. The molecule has 76 valence electrons. The molecule has 0 unspecified atom stereocenters. The van der Waals surface area contributed by atoms with E-state index in [1.807, 2.05) is 0 Å². The number of hydrogen-bond donors (Lipinski definition) is 0. The summed E-state index contributed by atoms with van der Waals surface area (Å²) in [5, 5.41) is 0. The minimum absolute atomic E-state index is 0. The van der Waals surface area contributed by atoms with Crippen LogP contribution < -0.4 is 51.4 Å². The summed E-state index contributed by atoms with van der Waals surface area (Å²) in [4.78, 5) is 11.0. The number of esters is 1. The van der Waals surface area contributed by atoms with Gasteiger partial charge in [0.05, 0.1) is 0 Å². The fourth-order valence-corrected chi connectivity index (χ4v) is 0.674. The molecule has 0 radical (unpaired) electrons. The van der Waals surface area contributed by atoms with Gasteiger partial charge >= 0.3 is 57.4 Å². The van der Waals surface area contributed by atoms with Gasteiger partial charge in [-0.05, 0) is 13.8 Å². The number of ether oxygens (including phenoxy) is 1. The Labute approximate surface area is 126 Å². The minimum Gasteiger partial charge on any atom is -0.747 e. The molecule has 0 atom stereocenters. The van der Waals surface area contributed by atoms with E-state index in [9.17, 15) is 17.8 Å². The zero-order valence-electron chi connectivity index (χ0n) is 8.44. The second kappa shape index (κ2) is 6.36. The van der Waals surface area contributed by atoms with E-state index in [2.05, 4.69) is 11.3 Å². The summed E-state index contributed by atoms with van der Waals surface area (Å²) in [5.41, 5.74) is 0. The first kappa shape index (κ1) is 17.2. The average Bonchev–Trinajstić information content (AvgIpc) is 1.97. The van der Waals surface area contributed by atoms with Crippen LogP contribution in [-0.2, 0) is 19.6 Å². The van der Waals surface area contributed by atoms with Crippen molar-refractivity contribution in [1.82, 2.24) is 0 Å². The molecule has 0 saturated carbocycles. The van der Waals surface area contributed by atoms with Crippen molar-refractivity contribution in [3.05, 3.63) is 12.7 Å². The molecule has 0 saturated heterocycles. The molecule has 0 spiro atoms. The van der Waals surface area contributed by atoms with Crippen molar-refractivity contribution in [3.63, 3.8) is 0 Å². The maximum Gasteiger partial charge on any atom is 1.00 e. The second-order valence-corrected chi connectivity index (χ2v) is 4.78. The molecule has 0 rings (SSSR count). The van der Waals surface area contributed by atoms with Gasteiger partial charge in [-0.25, -0.2) is 8.42 Å². The van der Waals surface area contributed by atoms with Gasteiger partial charge in [0.1, 0.15) is 16.7 Å². The predicted octanol–water partition coefficient (Wildman–Crippen LogP) is -2.96. The average molecular weight is 246 g/mol. The number of hydrogen-bond acceptors (Lipinski definition) is 5. The van der Waals surface area contributed by atoms with Gasteiger partial charge < -0.3 is 9.29 Å². The third kappa shape index (κ3) is 4.52. The van der Waals surface area contributed by atoms with E-state index >= 15 is 0 Å². The van der Waals surface area contributed by atoms with Crippen molar-refractivity contribution in [2.24, 2.45) is 0 Å². The SMILES string of the molecule is C=CCOC(=O)C(C)(C)S(=O)(=O)[O-].[K+]. The summed E-state index contributed by atoms with van der Waals surface area (Å²) in [6.07, 6.45) is 1.28. The Kier molecular flexibility index (Phi) is 7.80. The molecular formula is C7H11KO5S. The van der Waals surface area contributed by atoms with Crippen molar-refractivity contribution in [1.29, 1.82) is 0 Å². The number of carbonyl (C=O) groups is 1. The molecule has 0 aromatic rings. The number of carbonyl (C=O) groups excluding carboxylic acids is 1. The van der Waals surface area contributed by atoms with E-state index in [0.29, 0.717) is 0 Å². The standard InChI is InChI=1S/C7H12O5S.K/c1-4-5-12-6(8)7(2,3)13(9,10)11;/h4H,1,5H2,2-3H3,(H,9,10,11);/q;+1/p-1. The second-order valence-electron chi connectivity index (χ2n) is 2.85. The van der Waals surface area contributed by atoms with E-state index in [4.69, 9.17) is 0 Å². The Balaban J connectivity index is 0. The summed E-state index contributed by atoms with van der Waals surface area (Å²) < 4.78 is 34.1. The van der Waals surface area contributed by atoms with Crippen LogP contribution >= 0.6 is 0 Å². The third-order valence-electron chi connectivity index (χ3n) is 1.45. The van der Waals surface area contributed by atoms with Crippen LogP contribution in [0.3, 0.4) is 0 Å². The molecule has 0 heterocycles. The maximum absolute atomic E-state index is 11.0. The summed E-state index contributed by atoms with van der Waals surface area (Å²) >= 11 is 0. The van der Waals surface area contributed by atoms with E-state index in [1.165, 1.54) is 6.08 Å². The van der Waals surface area contributed by atoms with Crippen LogP contribution in [0, 0.1) is 0 Å². The van der Waals surface area contributed by atoms with Gasteiger partial charge in [0.2, 0.25) is 0 Å². The molecule has 0 fully saturated rings. The summed E-state index contributed by atoms with van der Waals surface area (Å²) in [5.74, 6) is -1.07. The van der Waals surface area contributed by atoms with E-state index < -0.39 is 20.8 Å². The third-order valence-corrected chi connectivity index (χ3v) is 2.87. The Hall–Kier alpha value is 0.756. The van der Waals surface area contributed by atoms with Crippen LogP contribution in [-0.4, -0.2) is 30.3 Å². The van der Waals surface area contributed by atoms with Crippen LogP contribution in [0.5, 0.6) is 0 Å². The molecule has 5 nitrogen and oxygen atoms in total. The predicted molar refractivity (Wildman–Crippen MR) is 44.9 cm³/mol. The molecule has 0 aliphatic carbocycles. The van der Waals surface area contributed by atoms with Crippen molar-refractivity contribution < 1.29 is 73.9 Å². The first-order chi connectivity index (χ1) is 5.73. The molecule has 0 aliphatic heterocycles. The van der Waals surface area contributed by atoms with Gasteiger partial charge in [-0.3, -0.25) is 4.79 Å². The molecule has 0 bridgehead atoms. The van der Waals surface area contributed by atoms with E-state index in [1.54, 1.807) is 0 Å². The molecule has 0 N–H and O–H groups in total. The van der Waals surface area contributed by atoms with Crippen molar-refractivity contribution >= 4 is 16.1 Å². The smallest absolute Gasteiger partial charge is 0.747 e. The fraction of sp³-hybridized carbons (Fsp3) is 0.571. The molecular weight excluding hydrogens is 235 g/mol. The summed E-state index contributed by atoms with van der Waals surface area (Å²) in [6, 6.07) is 0. The van der Waals surface area contributed by atoms with Crippen LogP contribution in [0.25, 0.3) is 0 Å². The Morgan fingerprint density at radius 1 is 1.57 bits per heavy atom. The zero-order chi connectivity index (χ0) is 10.7. The van der Waals surface area contributed by atoms with Crippen molar-refractivity contribution in [2.45, 2.75) is 18.6 Å². The normalized spacial score (nSPS) is 11.4. The minimum atomic E-state index is -4.69. The molecule has 7 heteroatoms. The number of rotatable bonds is 4. The Morgan fingerprint density at radius 3 is 2.29 bits per heavy atom. The van der Waals surface area contributed by atoms with Crippen molar-refractivity contribution in [2.75, 3.05) is 6.61 Å². The Morgan fingerprint density at radius 2 is 2.00 bits per heavy atom. The summed E-state index contributed by atoms with van der Waals surface area (Å²) in [6.45, 7) is 5.16. The van der Waals surface area contributed by atoms with Crippen LogP contribution in [0.1, 0.15) is 13.8 Å². The molecule has 0 aromatic heterocycles. The van der Waals surface area contributed by atoms with Gasteiger partial charge in [-0.15, -0.1) is 0 Å². The first-order valence-corrected chi connectivity index (χ1v) is 4.88. The van der Waals surface area contributed by atoms with E-state index in [0.717, 1.165) is 13.8 Å². The van der Waals surface area contributed by atoms with Crippen LogP contribution in [0.2, 0.25) is 0 Å². The van der Waals surface area contributed by atoms with Crippen LogP contribution in [0.15, 0.2) is 12.7 Å². The van der Waals surface area contributed by atoms with Gasteiger partial charge in [-0.2, -0.15) is 0 Å². The Bertz CT molecular complexity index is 306. The van der Waals surface area contributed by atoms with Crippen molar-refractivity contribution in [3.8, 4) is 0 Å². The topological polar surface area (TPSA) is 83.5 Å². The molecule has 14 heavy (non-hydrogen) atoms. The van der Waals surface area contributed by atoms with Gasteiger partial charge in [-0.1, -0.05) is 12.7 Å². The van der Waals surface area contributed by atoms with Crippen LogP contribution in [0.4, 0.5) is 0 Å². The monoisotopic (exact) mass is 246 g/mol. The maximum atomic E-state index is 11.0.